The molecule has 1 heterocycles. The smallest absolute Gasteiger partial charge is 0.287 e. The van der Waals surface area contributed by atoms with Crippen molar-refractivity contribution in [3.05, 3.63) is 65.4 Å². The number of hydrogen-bond acceptors (Lipinski definition) is 4. The summed E-state index contributed by atoms with van der Waals surface area (Å²) in [5, 5.41) is 3.57. The van der Waals surface area contributed by atoms with Gasteiger partial charge in [-0.3, -0.25) is 4.79 Å². The maximum Gasteiger partial charge on any atom is 0.287 e. The molecule has 2 aromatic carbocycles. The molecule has 1 N–H and O–H groups in total. The van der Waals surface area contributed by atoms with Gasteiger partial charge in [0.15, 0.2) is 15.6 Å². The van der Waals surface area contributed by atoms with E-state index in [1.54, 1.807) is 25.1 Å². The molecule has 5 nitrogen and oxygen atoms in total. The summed E-state index contributed by atoms with van der Waals surface area (Å²) in [6.45, 7) is 1.79. The summed E-state index contributed by atoms with van der Waals surface area (Å²) >= 11 is 0. The van der Waals surface area contributed by atoms with Crippen molar-refractivity contribution in [1.82, 2.24) is 5.32 Å². The Hall–Kier alpha value is -2.60. The zero-order valence-corrected chi connectivity index (χ0v) is 15.9. The standard InChI is InChI=1S/C21H21NO4S/c1-14-18-13-17(27(24,25)12-11-15-5-3-2-4-6-15)9-10-19(18)26-20(14)21(23)22-16-7-8-16/h2-6,9-10,13,16H,7-8,11-12H2,1H3,(H,22,23). The molecule has 3 aromatic rings. The Morgan fingerprint density at radius 1 is 1.15 bits per heavy atom. The number of nitrogens with one attached hydrogen (secondary N) is 1. The summed E-state index contributed by atoms with van der Waals surface area (Å²) in [6.07, 6.45) is 2.45. The zero-order chi connectivity index (χ0) is 19.0. The van der Waals surface area contributed by atoms with Crippen LogP contribution in [0.15, 0.2) is 57.8 Å². The molecule has 27 heavy (non-hydrogen) atoms. The van der Waals surface area contributed by atoms with E-state index in [-0.39, 0.29) is 28.4 Å². The van der Waals surface area contributed by atoms with Crippen molar-refractivity contribution in [2.24, 2.45) is 0 Å². The summed E-state index contributed by atoms with van der Waals surface area (Å²) in [5.41, 5.74) is 2.18. The molecule has 1 fully saturated rings. The predicted octanol–water partition coefficient (Wildman–Crippen LogP) is 3.65. The van der Waals surface area contributed by atoms with Crippen LogP contribution < -0.4 is 5.32 Å². The molecule has 1 amide bonds. The first-order valence-electron chi connectivity index (χ1n) is 9.05. The van der Waals surface area contributed by atoms with Gasteiger partial charge in [0.2, 0.25) is 0 Å². The van der Waals surface area contributed by atoms with Crippen molar-refractivity contribution in [3.8, 4) is 0 Å². The van der Waals surface area contributed by atoms with Gasteiger partial charge in [0.05, 0.1) is 10.6 Å². The average molecular weight is 383 g/mol. The van der Waals surface area contributed by atoms with Crippen molar-refractivity contribution in [2.75, 3.05) is 5.75 Å². The molecule has 4 rings (SSSR count). The molecule has 1 aliphatic rings. The Kier molecular flexibility index (Phi) is 4.52. The number of fused-ring (bicyclic) bond motifs is 1. The fraction of sp³-hybridized carbons (Fsp3) is 0.286. The molecule has 0 saturated heterocycles. The maximum absolute atomic E-state index is 12.7. The van der Waals surface area contributed by atoms with Crippen molar-refractivity contribution in [3.63, 3.8) is 0 Å². The van der Waals surface area contributed by atoms with Gasteiger partial charge in [0, 0.05) is 17.0 Å². The van der Waals surface area contributed by atoms with Crippen LogP contribution in [0.25, 0.3) is 11.0 Å². The lowest BCUT2D eigenvalue weighted by atomic mass is 10.1. The first-order valence-corrected chi connectivity index (χ1v) is 10.7. The van der Waals surface area contributed by atoms with Crippen LogP contribution in [0.3, 0.4) is 0 Å². The second-order valence-electron chi connectivity index (χ2n) is 7.02. The van der Waals surface area contributed by atoms with E-state index in [1.165, 1.54) is 0 Å². The number of sulfone groups is 1. The van der Waals surface area contributed by atoms with Gasteiger partial charge < -0.3 is 9.73 Å². The van der Waals surface area contributed by atoms with Crippen LogP contribution in [-0.4, -0.2) is 26.1 Å². The van der Waals surface area contributed by atoms with E-state index >= 15 is 0 Å². The number of amides is 1. The minimum Gasteiger partial charge on any atom is -0.451 e. The normalized spacial score (nSPS) is 14.4. The zero-order valence-electron chi connectivity index (χ0n) is 15.1. The molecule has 1 aromatic heterocycles. The van der Waals surface area contributed by atoms with Gasteiger partial charge in [-0.1, -0.05) is 30.3 Å². The van der Waals surface area contributed by atoms with E-state index in [0.29, 0.717) is 23.0 Å². The van der Waals surface area contributed by atoms with Crippen molar-refractivity contribution in [1.29, 1.82) is 0 Å². The first-order chi connectivity index (χ1) is 12.9. The number of rotatable bonds is 6. The van der Waals surface area contributed by atoms with Crippen LogP contribution >= 0.6 is 0 Å². The molecule has 140 valence electrons. The quantitative estimate of drug-likeness (QED) is 0.705. The van der Waals surface area contributed by atoms with Gasteiger partial charge in [-0.15, -0.1) is 0 Å². The van der Waals surface area contributed by atoms with Crippen LogP contribution in [-0.2, 0) is 16.3 Å². The second kappa shape index (κ2) is 6.85. The lowest BCUT2D eigenvalue weighted by Crippen LogP contribution is -2.25. The summed E-state index contributed by atoms with van der Waals surface area (Å²) in [6, 6.07) is 14.6. The highest BCUT2D eigenvalue weighted by Gasteiger charge is 2.27. The van der Waals surface area contributed by atoms with Gasteiger partial charge in [-0.2, -0.15) is 0 Å². The molecule has 0 bridgehead atoms. The molecular weight excluding hydrogens is 362 g/mol. The van der Waals surface area contributed by atoms with Crippen LogP contribution in [0, 0.1) is 6.92 Å². The van der Waals surface area contributed by atoms with Crippen LogP contribution in [0.5, 0.6) is 0 Å². The molecule has 0 atom stereocenters. The van der Waals surface area contributed by atoms with Gasteiger partial charge in [0.1, 0.15) is 5.58 Å². The lowest BCUT2D eigenvalue weighted by Gasteiger charge is -2.05. The lowest BCUT2D eigenvalue weighted by molar-refractivity contribution is 0.0924. The minimum atomic E-state index is -3.43. The number of carbonyl (C=O) groups excluding carboxylic acids is 1. The van der Waals surface area contributed by atoms with Crippen molar-refractivity contribution in [2.45, 2.75) is 37.1 Å². The van der Waals surface area contributed by atoms with Crippen LogP contribution in [0.1, 0.15) is 34.5 Å². The van der Waals surface area contributed by atoms with Crippen LogP contribution in [0.2, 0.25) is 0 Å². The topological polar surface area (TPSA) is 76.4 Å². The predicted molar refractivity (Wildman–Crippen MR) is 104 cm³/mol. The van der Waals surface area contributed by atoms with Crippen molar-refractivity contribution >= 4 is 26.7 Å². The third kappa shape index (κ3) is 3.76. The monoisotopic (exact) mass is 383 g/mol. The number of benzene rings is 2. The Balaban J connectivity index is 1.60. The Bertz CT molecular complexity index is 1100. The average Bonchev–Trinajstić information content (AvgIpc) is 3.42. The van der Waals surface area contributed by atoms with Gasteiger partial charge in [-0.25, -0.2) is 8.42 Å². The largest absolute Gasteiger partial charge is 0.451 e. The molecule has 0 unspecified atom stereocenters. The number of hydrogen-bond donors (Lipinski definition) is 1. The second-order valence-corrected chi connectivity index (χ2v) is 9.13. The summed E-state index contributed by atoms with van der Waals surface area (Å²) in [5.74, 6) is 0.0597. The summed E-state index contributed by atoms with van der Waals surface area (Å²) < 4.78 is 31.2. The highest BCUT2D eigenvalue weighted by atomic mass is 32.2. The fourth-order valence-corrected chi connectivity index (χ4v) is 4.42. The molecule has 1 aliphatic carbocycles. The maximum atomic E-state index is 12.7. The number of furan rings is 1. The third-order valence-corrected chi connectivity index (χ3v) is 6.60. The Morgan fingerprint density at radius 3 is 2.59 bits per heavy atom. The van der Waals surface area contributed by atoms with E-state index in [2.05, 4.69) is 5.32 Å². The van der Waals surface area contributed by atoms with E-state index in [9.17, 15) is 13.2 Å². The van der Waals surface area contributed by atoms with Crippen LogP contribution in [0.4, 0.5) is 0 Å². The number of carbonyl (C=O) groups is 1. The Morgan fingerprint density at radius 2 is 1.89 bits per heavy atom. The van der Waals surface area contributed by atoms with Gasteiger partial charge in [-0.05, 0) is 49.9 Å². The number of aryl methyl sites for hydroxylation is 2. The van der Waals surface area contributed by atoms with E-state index < -0.39 is 9.84 Å². The molecular formula is C21H21NO4S. The van der Waals surface area contributed by atoms with E-state index in [1.807, 2.05) is 30.3 Å². The molecule has 0 radical (unpaired) electrons. The fourth-order valence-electron chi connectivity index (χ4n) is 3.10. The molecule has 1 saturated carbocycles. The van der Waals surface area contributed by atoms with Gasteiger partial charge in [0.25, 0.3) is 5.91 Å². The Labute approximate surface area is 158 Å². The van der Waals surface area contributed by atoms with Crippen molar-refractivity contribution < 1.29 is 17.6 Å². The van der Waals surface area contributed by atoms with E-state index in [0.717, 1.165) is 18.4 Å². The summed E-state index contributed by atoms with van der Waals surface area (Å²) in [4.78, 5) is 12.6. The molecule has 0 aliphatic heterocycles. The first kappa shape index (κ1) is 17.8. The highest BCUT2D eigenvalue weighted by molar-refractivity contribution is 7.91. The third-order valence-electron chi connectivity index (χ3n) is 4.89. The van der Waals surface area contributed by atoms with E-state index in [4.69, 9.17) is 4.42 Å². The highest BCUT2D eigenvalue weighted by Crippen LogP contribution is 2.29. The van der Waals surface area contributed by atoms with Gasteiger partial charge >= 0.3 is 0 Å². The molecule has 6 heteroatoms. The summed E-state index contributed by atoms with van der Waals surface area (Å²) in [7, 11) is -3.43. The minimum absolute atomic E-state index is 0.0362. The molecule has 0 spiro atoms. The SMILES string of the molecule is Cc1c(C(=O)NC2CC2)oc2ccc(S(=O)(=O)CCc3ccccc3)cc12.